The molecule has 2 heterocycles. The fraction of sp³-hybridized carbons (Fsp3) is 0.429. The summed E-state index contributed by atoms with van der Waals surface area (Å²) in [5.41, 5.74) is 5.59. The Morgan fingerprint density at radius 1 is 1.34 bits per heavy atom. The first-order valence-electron chi connectivity index (χ1n) is 9.60. The minimum Gasteiger partial charge on any atom is -0.361 e. The molecule has 1 aromatic carbocycles. The molecule has 0 spiro atoms. The van der Waals surface area contributed by atoms with Gasteiger partial charge in [-0.3, -0.25) is 9.67 Å². The van der Waals surface area contributed by atoms with Crippen molar-refractivity contribution in [3.63, 3.8) is 0 Å². The second kappa shape index (κ2) is 10.1. The molecule has 0 radical (unpaired) electrons. The number of hydrogen-bond donors (Lipinski definition) is 3. The second-order valence-electron chi connectivity index (χ2n) is 7.28. The summed E-state index contributed by atoms with van der Waals surface area (Å²) in [6.45, 7) is 6.99. The summed E-state index contributed by atoms with van der Waals surface area (Å²) in [6, 6.07) is 5.04. The first-order chi connectivity index (χ1) is 13.4. The predicted molar refractivity (Wildman–Crippen MR) is 128 cm³/mol. The summed E-state index contributed by atoms with van der Waals surface area (Å²) in [5.74, 6) is 0.548. The molecule has 0 saturated heterocycles. The molecule has 158 valence electrons. The first-order valence-corrected chi connectivity index (χ1v) is 9.60. The van der Waals surface area contributed by atoms with Crippen molar-refractivity contribution in [1.82, 2.24) is 25.4 Å². The Morgan fingerprint density at radius 2 is 2.10 bits per heavy atom. The molecular formula is C21H30FIN6. The largest absolute Gasteiger partial charge is 0.361 e. The maximum Gasteiger partial charge on any atom is 0.191 e. The van der Waals surface area contributed by atoms with Gasteiger partial charge in [0.05, 0.1) is 5.69 Å². The number of nitrogens with one attached hydrogen (secondary N) is 3. The van der Waals surface area contributed by atoms with Crippen molar-refractivity contribution in [3.8, 4) is 0 Å². The third kappa shape index (κ3) is 5.49. The van der Waals surface area contributed by atoms with E-state index in [1.807, 2.05) is 24.9 Å². The molecule has 8 heteroatoms. The van der Waals surface area contributed by atoms with E-state index >= 15 is 0 Å². The summed E-state index contributed by atoms with van der Waals surface area (Å²) in [4.78, 5) is 7.51. The quantitative estimate of drug-likeness (QED) is 0.269. The number of aryl methyl sites for hydroxylation is 2. The average molecular weight is 512 g/mol. The van der Waals surface area contributed by atoms with Crippen LogP contribution in [0.15, 0.2) is 29.4 Å². The maximum absolute atomic E-state index is 13.5. The summed E-state index contributed by atoms with van der Waals surface area (Å²) >= 11 is 0. The molecule has 0 amide bonds. The third-order valence-corrected chi connectivity index (χ3v) is 5.19. The van der Waals surface area contributed by atoms with Gasteiger partial charge in [-0.1, -0.05) is 0 Å². The number of hydrogen-bond acceptors (Lipinski definition) is 2. The van der Waals surface area contributed by atoms with Gasteiger partial charge in [0.1, 0.15) is 5.82 Å². The van der Waals surface area contributed by atoms with E-state index in [9.17, 15) is 4.39 Å². The minimum atomic E-state index is -0.214. The Kier molecular flexibility index (Phi) is 8.06. The zero-order valence-electron chi connectivity index (χ0n) is 17.6. The van der Waals surface area contributed by atoms with E-state index in [0.717, 1.165) is 41.0 Å². The maximum atomic E-state index is 13.5. The van der Waals surface area contributed by atoms with Gasteiger partial charge in [0.15, 0.2) is 5.96 Å². The lowest BCUT2D eigenvalue weighted by atomic mass is 10.1. The number of rotatable bonds is 6. The molecule has 3 rings (SSSR count). The van der Waals surface area contributed by atoms with Gasteiger partial charge in [0, 0.05) is 49.5 Å². The lowest BCUT2D eigenvalue weighted by Gasteiger charge is -2.18. The molecule has 0 saturated carbocycles. The standard InChI is InChI=1S/C21H29FN6.HI/c1-13(10-18-14(2)27-28(5)15(18)3)26-21(23-4)24-9-8-16-12-25-20-7-6-17(22)11-19(16)20;/h6-7,11-13,25H,8-10H2,1-5H3,(H2,23,24,26);1H. The molecule has 0 fully saturated rings. The van der Waals surface area contributed by atoms with Gasteiger partial charge < -0.3 is 15.6 Å². The van der Waals surface area contributed by atoms with Crippen LogP contribution in [0.3, 0.4) is 0 Å². The summed E-state index contributed by atoms with van der Waals surface area (Å²) in [5, 5.41) is 12.2. The Labute approximate surface area is 188 Å². The van der Waals surface area contributed by atoms with Crippen molar-refractivity contribution >= 4 is 40.8 Å². The Morgan fingerprint density at radius 3 is 2.76 bits per heavy atom. The minimum absolute atomic E-state index is 0. The van der Waals surface area contributed by atoms with Crippen LogP contribution in [0.1, 0.15) is 29.4 Å². The van der Waals surface area contributed by atoms with Crippen molar-refractivity contribution < 1.29 is 4.39 Å². The smallest absolute Gasteiger partial charge is 0.191 e. The van der Waals surface area contributed by atoms with Gasteiger partial charge in [-0.2, -0.15) is 5.10 Å². The van der Waals surface area contributed by atoms with Crippen LogP contribution in [0.25, 0.3) is 10.9 Å². The molecule has 2 aromatic heterocycles. The number of halogens is 2. The van der Waals surface area contributed by atoms with Crippen LogP contribution in [0.5, 0.6) is 0 Å². The van der Waals surface area contributed by atoms with E-state index in [4.69, 9.17) is 0 Å². The van der Waals surface area contributed by atoms with Crippen LogP contribution < -0.4 is 10.6 Å². The number of aromatic amines is 1. The fourth-order valence-corrected chi connectivity index (χ4v) is 3.57. The number of guanidine groups is 1. The van der Waals surface area contributed by atoms with Crippen LogP contribution in [-0.4, -0.2) is 40.4 Å². The highest BCUT2D eigenvalue weighted by Gasteiger charge is 2.14. The van der Waals surface area contributed by atoms with Crippen molar-refractivity contribution in [2.75, 3.05) is 13.6 Å². The summed E-state index contributed by atoms with van der Waals surface area (Å²) < 4.78 is 15.4. The monoisotopic (exact) mass is 512 g/mol. The van der Waals surface area contributed by atoms with E-state index in [-0.39, 0.29) is 35.8 Å². The first kappa shape index (κ1) is 23.2. The van der Waals surface area contributed by atoms with Gasteiger partial charge in [0.2, 0.25) is 0 Å². The average Bonchev–Trinajstić information content (AvgIpc) is 3.16. The zero-order valence-corrected chi connectivity index (χ0v) is 20.0. The van der Waals surface area contributed by atoms with E-state index < -0.39 is 0 Å². The Balaban J connectivity index is 0.00000300. The van der Waals surface area contributed by atoms with Crippen molar-refractivity contribution in [2.45, 2.75) is 39.7 Å². The van der Waals surface area contributed by atoms with Crippen LogP contribution in [0.2, 0.25) is 0 Å². The number of aliphatic imine (C=N–C) groups is 1. The van der Waals surface area contributed by atoms with Crippen LogP contribution in [0.4, 0.5) is 4.39 Å². The Bertz CT molecular complexity index is 991. The molecule has 29 heavy (non-hydrogen) atoms. The topological polar surface area (TPSA) is 70.0 Å². The molecule has 0 aliphatic heterocycles. The van der Waals surface area contributed by atoms with Crippen molar-refractivity contribution in [2.24, 2.45) is 12.0 Å². The summed E-state index contributed by atoms with van der Waals surface area (Å²) in [7, 11) is 3.74. The number of fused-ring (bicyclic) bond motifs is 1. The van der Waals surface area contributed by atoms with E-state index in [2.05, 4.69) is 39.6 Å². The molecule has 6 nitrogen and oxygen atoms in total. The van der Waals surface area contributed by atoms with E-state index in [1.165, 1.54) is 17.3 Å². The highest BCUT2D eigenvalue weighted by Crippen LogP contribution is 2.19. The van der Waals surface area contributed by atoms with Gasteiger partial charge in [0.25, 0.3) is 0 Å². The lowest BCUT2D eigenvalue weighted by molar-refractivity contribution is 0.629. The molecule has 0 bridgehead atoms. The van der Waals surface area contributed by atoms with Crippen LogP contribution in [-0.2, 0) is 19.9 Å². The normalized spacial score (nSPS) is 12.7. The Hall–Kier alpha value is -2.10. The molecule has 1 atom stereocenters. The lowest BCUT2D eigenvalue weighted by Crippen LogP contribution is -2.43. The second-order valence-corrected chi connectivity index (χ2v) is 7.28. The van der Waals surface area contributed by atoms with Gasteiger partial charge in [-0.05, 0) is 62.9 Å². The van der Waals surface area contributed by atoms with Crippen molar-refractivity contribution in [1.29, 1.82) is 0 Å². The molecule has 0 aliphatic rings. The molecule has 1 unspecified atom stereocenters. The summed E-state index contributed by atoms with van der Waals surface area (Å²) in [6.07, 6.45) is 3.60. The molecule has 3 aromatic rings. The third-order valence-electron chi connectivity index (χ3n) is 5.19. The van der Waals surface area contributed by atoms with Gasteiger partial charge in [-0.25, -0.2) is 4.39 Å². The number of benzene rings is 1. The predicted octanol–water partition coefficient (Wildman–Crippen LogP) is 3.61. The zero-order chi connectivity index (χ0) is 20.3. The number of H-pyrrole nitrogens is 1. The highest BCUT2D eigenvalue weighted by atomic mass is 127. The van der Waals surface area contributed by atoms with Gasteiger partial charge in [-0.15, -0.1) is 24.0 Å². The number of aromatic nitrogens is 3. The van der Waals surface area contributed by atoms with Crippen LogP contribution in [0, 0.1) is 19.7 Å². The molecule has 3 N–H and O–H groups in total. The van der Waals surface area contributed by atoms with Crippen LogP contribution >= 0.6 is 24.0 Å². The molecule has 0 aliphatic carbocycles. The van der Waals surface area contributed by atoms with Crippen molar-refractivity contribution in [3.05, 3.63) is 52.7 Å². The SMILES string of the molecule is CN=C(NCCc1c[nH]c2ccc(F)cc12)NC(C)Cc1c(C)nn(C)c1C.I. The van der Waals surface area contributed by atoms with E-state index in [1.54, 1.807) is 19.2 Å². The highest BCUT2D eigenvalue weighted by molar-refractivity contribution is 14.0. The van der Waals surface area contributed by atoms with E-state index in [0.29, 0.717) is 6.54 Å². The molecular weight excluding hydrogens is 482 g/mol. The number of nitrogens with zero attached hydrogens (tertiary/aromatic N) is 3. The fourth-order valence-electron chi connectivity index (χ4n) is 3.57. The van der Waals surface area contributed by atoms with Gasteiger partial charge >= 0.3 is 0 Å².